The van der Waals surface area contributed by atoms with E-state index in [1.54, 1.807) is 0 Å². The number of hydrogen-bond acceptors (Lipinski definition) is 0. The van der Waals surface area contributed by atoms with Gasteiger partial charge in [0, 0.05) is 0 Å². The molecule has 0 atom stereocenters. The van der Waals surface area contributed by atoms with Gasteiger partial charge in [-0.15, -0.1) is 0 Å². The fourth-order valence-corrected chi connectivity index (χ4v) is 1.43. The van der Waals surface area contributed by atoms with Gasteiger partial charge in [-0.1, -0.05) is 0 Å². The molecule has 1 aromatic rings. The van der Waals surface area contributed by atoms with Crippen LogP contribution in [-0.4, -0.2) is 22.5 Å². The fourth-order valence-electron chi connectivity index (χ4n) is 0.879. The monoisotopic (exact) mass is 258 g/mol. The molecule has 0 fully saturated rings. The Morgan fingerprint density at radius 2 is 1.64 bits per heavy atom. The van der Waals surface area contributed by atoms with E-state index in [0.29, 0.717) is 0 Å². The van der Waals surface area contributed by atoms with E-state index in [1.807, 2.05) is 12.1 Å². The first-order chi connectivity index (χ1) is 5.00. The zero-order valence-electron chi connectivity index (χ0n) is 6.76. The van der Waals surface area contributed by atoms with E-state index in [9.17, 15) is 4.39 Å². The van der Waals surface area contributed by atoms with Gasteiger partial charge in [0.2, 0.25) is 0 Å². The second-order valence-corrected chi connectivity index (χ2v) is 7.35. The molecular weight excluding hydrogens is 246 g/mol. The maximum absolute atomic E-state index is 12.5. The summed E-state index contributed by atoms with van der Waals surface area (Å²) < 4.78 is 12.7. The van der Waals surface area contributed by atoms with Crippen molar-refractivity contribution in [3.05, 3.63) is 35.6 Å². The number of halogens is 1. The van der Waals surface area contributed by atoms with E-state index < -0.39 is 0 Å². The van der Waals surface area contributed by atoms with Crippen LogP contribution in [0.2, 0.25) is 0 Å². The molecule has 0 nitrogen and oxygen atoms in total. The molecule has 58 valence electrons. The Morgan fingerprint density at radius 1 is 1.18 bits per heavy atom. The van der Waals surface area contributed by atoms with Crippen molar-refractivity contribution in [2.45, 2.75) is 17.3 Å². The van der Waals surface area contributed by atoms with Gasteiger partial charge in [0.1, 0.15) is 0 Å². The summed E-state index contributed by atoms with van der Waals surface area (Å²) in [4.78, 5) is 0. The fraction of sp³-hybridized carbons (Fsp3) is 0.333. The minimum atomic E-state index is -0.154. The third-order valence-corrected chi connectivity index (χ3v) is 2.54. The summed E-state index contributed by atoms with van der Waals surface area (Å²) in [6.45, 7) is 4.34. The van der Waals surface area contributed by atoms with Crippen molar-refractivity contribution in [1.29, 1.82) is 0 Å². The molecule has 0 bridgehead atoms. The molecule has 0 heterocycles. The number of rotatable bonds is 1. The van der Waals surface area contributed by atoms with Crippen LogP contribution in [0, 0.1) is 5.82 Å². The van der Waals surface area contributed by atoms with E-state index in [2.05, 4.69) is 13.8 Å². The average Bonchev–Trinajstić information content (AvgIpc) is 1.86. The molecule has 2 radical (unpaired) electrons. The van der Waals surface area contributed by atoms with Crippen molar-refractivity contribution in [2.75, 3.05) is 0 Å². The summed E-state index contributed by atoms with van der Waals surface area (Å²) in [5.74, 6) is -0.154. The molecule has 1 aromatic carbocycles. The van der Waals surface area contributed by atoms with Gasteiger partial charge < -0.3 is 0 Å². The second kappa shape index (κ2) is 3.13. The number of hydrogen-bond donors (Lipinski definition) is 0. The van der Waals surface area contributed by atoms with Crippen LogP contribution in [-0.2, 0) is 3.43 Å². The molecule has 0 saturated carbocycles. The van der Waals surface area contributed by atoms with Crippen molar-refractivity contribution in [3.8, 4) is 0 Å². The maximum atomic E-state index is 12.5. The second-order valence-electron chi connectivity index (χ2n) is 3.23. The summed E-state index contributed by atoms with van der Waals surface area (Å²) in [7, 11) is 0. The molecule has 1 rings (SSSR count). The standard InChI is InChI=1S/C9H10F.Sn.H/c1-7(2)8-3-5-9(10)6-4-8;;/h3-6H,1-2H3;;. The van der Waals surface area contributed by atoms with E-state index >= 15 is 0 Å². The van der Waals surface area contributed by atoms with Gasteiger partial charge in [0.25, 0.3) is 0 Å². The molecular formula is C9H11FSn. The summed E-state index contributed by atoms with van der Waals surface area (Å²) in [5.41, 5.74) is 1.22. The minimum absolute atomic E-state index is 0.154. The van der Waals surface area contributed by atoms with E-state index in [1.165, 1.54) is 17.7 Å². The van der Waals surface area contributed by atoms with Gasteiger partial charge in [0.15, 0.2) is 0 Å². The number of benzene rings is 1. The molecule has 0 aliphatic rings. The zero-order chi connectivity index (χ0) is 8.48. The van der Waals surface area contributed by atoms with Crippen molar-refractivity contribution in [1.82, 2.24) is 0 Å². The summed E-state index contributed by atoms with van der Waals surface area (Å²) in [5, 5.41) is 0. The van der Waals surface area contributed by atoms with Crippen molar-refractivity contribution in [2.24, 2.45) is 0 Å². The van der Waals surface area contributed by atoms with E-state index in [0.717, 1.165) is 22.5 Å². The molecule has 0 aromatic heterocycles. The summed E-state index contributed by atoms with van der Waals surface area (Å²) in [6.07, 6.45) is 0. The van der Waals surface area contributed by atoms with Crippen molar-refractivity contribution >= 4 is 22.5 Å². The molecule has 0 N–H and O–H groups in total. The Hall–Kier alpha value is -0.0513. The third kappa shape index (κ3) is 2.47. The quantitative estimate of drug-likeness (QED) is 0.674. The molecule has 0 unspecified atom stereocenters. The third-order valence-electron chi connectivity index (χ3n) is 1.59. The van der Waals surface area contributed by atoms with Gasteiger partial charge >= 0.3 is 79.8 Å². The van der Waals surface area contributed by atoms with E-state index in [4.69, 9.17) is 0 Å². The van der Waals surface area contributed by atoms with Crippen LogP contribution in [0.25, 0.3) is 0 Å². The van der Waals surface area contributed by atoms with Crippen molar-refractivity contribution < 1.29 is 4.39 Å². The first-order valence-electron chi connectivity index (χ1n) is 3.55. The molecule has 0 saturated heterocycles. The summed E-state index contributed by atoms with van der Waals surface area (Å²) in [6, 6.07) is 6.77. The average molecular weight is 257 g/mol. The molecule has 0 aliphatic carbocycles. The van der Waals surface area contributed by atoms with Crippen LogP contribution < -0.4 is 0 Å². The predicted molar refractivity (Wildman–Crippen MR) is 46.6 cm³/mol. The van der Waals surface area contributed by atoms with E-state index in [-0.39, 0.29) is 9.25 Å². The van der Waals surface area contributed by atoms with Crippen LogP contribution >= 0.6 is 0 Å². The Kier molecular flexibility index (Phi) is 2.57. The predicted octanol–water partition coefficient (Wildman–Crippen LogP) is 1.96. The van der Waals surface area contributed by atoms with Crippen molar-refractivity contribution in [3.63, 3.8) is 0 Å². The van der Waals surface area contributed by atoms with Crippen LogP contribution in [0.1, 0.15) is 19.4 Å². The Labute approximate surface area is 79.9 Å². The molecule has 11 heavy (non-hydrogen) atoms. The van der Waals surface area contributed by atoms with Gasteiger partial charge in [0.05, 0.1) is 0 Å². The van der Waals surface area contributed by atoms with Crippen LogP contribution in [0.4, 0.5) is 4.39 Å². The van der Waals surface area contributed by atoms with Crippen LogP contribution in [0.3, 0.4) is 0 Å². The normalized spacial score (nSPS) is 11.6. The van der Waals surface area contributed by atoms with Gasteiger partial charge in [-0.3, -0.25) is 0 Å². The molecule has 0 spiro atoms. The SMILES string of the molecule is C[C](C)([SnH])c1ccc(F)cc1. The van der Waals surface area contributed by atoms with Crippen LogP contribution in [0.15, 0.2) is 24.3 Å². The van der Waals surface area contributed by atoms with Gasteiger partial charge in [-0.25, -0.2) is 0 Å². The Balaban J connectivity index is 2.99. The first-order valence-corrected chi connectivity index (χ1v) is 5.20. The van der Waals surface area contributed by atoms with Crippen LogP contribution in [0.5, 0.6) is 0 Å². The molecule has 2 heteroatoms. The Bertz CT molecular complexity index is 233. The molecule has 0 amide bonds. The summed E-state index contributed by atoms with van der Waals surface area (Å²) >= 11 is 1.16. The Morgan fingerprint density at radius 3 is 2.00 bits per heavy atom. The van der Waals surface area contributed by atoms with Gasteiger partial charge in [-0.2, -0.15) is 0 Å². The van der Waals surface area contributed by atoms with Gasteiger partial charge in [-0.05, 0) is 0 Å². The first kappa shape index (κ1) is 9.04. The topological polar surface area (TPSA) is 0 Å². The molecule has 0 aliphatic heterocycles. The zero-order valence-corrected chi connectivity index (χ0v) is 10.1.